The van der Waals surface area contributed by atoms with Crippen molar-refractivity contribution in [3.8, 4) is 11.3 Å². The van der Waals surface area contributed by atoms with Gasteiger partial charge in [-0.2, -0.15) is 13.2 Å². The monoisotopic (exact) mass is 510 g/mol. The average Bonchev–Trinajstić information content (AvgIpc) is 3.50. The number of aromatic nitrogens is 4. The number of carboxylic acid groups (broad SMARTS) is 1. The zero-order valence-electron chi connectivity index (χ0n) is 19.3. The van der Waals surface area contributed by atoms with Gasteiger partial charge in [0.15, 0.2) is 5.78 Å². The van der Waals surface area contributed by atoms with E-state index in [1.807, 2.05) is 4.90 Å². The van der Waals surface area contributed by atoms with E-state index in [9.17, 15) is 27.9 Å². The van der Waals surface area contributed by atoms with Gasteiger partial charge in [0.05, 0.1) is 17.9 Å². The van der Waals surface area contributed by atoms with Crippen molar-refractivity contribution in [2.24, 2.45) is 5.92 Å². The van der Waals surface area contributed by atoms with Crippen molar-refractivity contribution in [3.05, 3.63) is 71.8 Å². The van der Waals surface area contributed by atoms with Crippen LogP contribution < -0.4 is 10.6 Å². The topological polar surface area (TPSA) is 127 Å². The van der Waals surface area contributed by atoms with Gasteiger partial charge in [-0.15, -0.1) is 0 Å². The lowest BCUT2D eigenvalue weighted by Crippen LogP contribution is -2.24. The van der Waals surface area contributed by atoms with Crippen molar-refractivity contribution in [2.45, 2.75) is 19.0 Å². The fourth-order valence-corrected chi connectivity index (χ4v) is 4.45. The van der Waals surface area contributed by atoms with E-state index in [1.54, 1.807) is 34.9 Å². The SMILES string of the molecule is Nc1nccn2c(N3CC[C@@H](C(=O)O)C3)nc(-c3ccc(C(=O)Cc4cc(C(F)(F)F)ccn4)cc3)c12. The molecule has 4 aromatic rings. The number of aliphatic carboxylic acids is 1. The normalized spacial score (nSPS) is 15.9. The molecule has 1 aliphatic rings. The van der Waals surface area contributed by atoms with Gasteiger partial charge in [0.25, 0.3) is 0 Å². The highest BCUT2D eigenvalue weighted by atomic mass is 19.4. The molecule has 9 nitrogen and oxygen atoms in total. The summed E-state index contributed by atoms with van der Waals surface area (Å²) in [5.41, 5.74) is 7.34. The molecular formula is C25H21F3N6O3. The molecule has 0 radical (unpaired) electrons. The van der Waals surface area contributed by atoms with Crippen molar-refractivity contribution in [2.75, 3.05) is 23.7 Å². The number of carboxylic acids is 1. The number of halogens is 3. The Bertz CT molecular complexity index is 1500. The van der Waals surface area contributed by atoms with E-state index in [1.165, 1.54) is 6.20 Å². The fourth-order valence-electron chi connectivity index (χ4n) is 4.45. The molecule has 4 heterocycles. The molecule has 12 heteroatoms. The molecule has 1 fully saturated rings. The number of hydrogen-bond donors (Lipinski definition) is 2. The Balaban J connectivity index is 1.43. The molecule has 3 N–H and O–H groups in total. The summed E-state index contributed by atoms with van der Waals surface area (Å²) in [5.74, 6) is -0.955. The van der Waals surface area contributed by atoms with Gasteiger partial charge in [-0.05, 0) is 18.6 Å². The molecule has 1 atom stereocenters. The third kappa shape index (κ3) is 4.69. The number of Topliss-reactive ketones (excluding diaryl/α,β-unsaturated/α-hetero) is 1. The van der Waals surface area contributed by atoms with Crippen LogP contribution in [0.5, 0.6) is 0 Å². The quantitative estimate of drug-likeness (QED) is 0.376. The summed E-state index contributed by atoms with van der Waals surface area (Å²) in [7, 11) is 0. The van der Waals surface area contributed by atoms with Crippen LogP contribution >= 0.6 is 0 Å². The summed E-state index contributed by atoms with van der Waals surface area (Å²) in [5, 5.41) is 9.37. The van der Waals surface area contributed by atoms with E-state index >= 15 is 0 Å². The van der Waals surface area contributed by atoms with E-state index in [2.05, 4.69) is 9.97 Å². The molecule has 0 saturated carbocycles. The van der Waals surface area contributed by atoms with E-state index < -0.39 is 23.6 Å². The Kier molecular flexibility index (Phi) is 6.02. The Labute approximate surface area is 208 Å². The Morgan fingerprint density at radius 2 is 1.86 bits per heavy atom. The van der Waals surface area contributed by atoms with Crippen molar-refractivity contribution < 1.29 is 27.9 Å². The van der Waals surface area contributed by atoms with Crippen LogP contribution in [0.2, 0.25) is 0 Å². The number of rotatable bonds is 6. The minimum Gasteiger partial charge on any atom is -0.481 e. The lowest BCUT2D eigenvalue weighted by Gasteiger charge is -2.15. The molecular weight excluding hydrogens is 489 g/mol. The molecule has 1 aromatic carbocycles. The van der Waals surface area contributed by atoms with Gasteiger partial charge in [0, 0.05) is 48.5 Å². The maximum atomic E-state index is 13.0. The Morgan fingerprint density at radius 1 is 1.11 bits per heavy atom. The van der Waals surface area contributed by atoms with Gasteiger partial charge >= 0.3 is 12.1 Å². The summed E-state index contributed by atoms with van der Waals surface area (Å²) in [4.78, 5) is 38.8. The number of carbonyl (C=O) groups excluding carboxylic acids is 1. The highest BCUT2D eigenvalue weighted by molar-refractivity contribution is 5.98. The predicted molar refractivity (Wildman–Crippen MR) is 128 cm³/mol. The third-order valence-electron chi connectivity index (χ3n) is 6.35. The lowest BCUT2D eigenvalue weighted by molar-refractivity contribution is -0.141. The first-order chi connectivity index (χ1) is 17.6. The number of anilines is 2. The first-order valence-electron chi connectivity index (χ1n) is 11.4. The molecule has 1 aliphatic heterocycles. The van der Waals surface area contributed by atoms with Crippen LogP contribution in [0.25, 0.3) is 16.8 Å². The molecule has 0 amide bonds. The van der Waals surface area contributed by atoms with Gasteiger partial charge < -0.3 is 15.7 Å². The van der Waals surface area contributed by atoms with Gasteiger partial charge in [-0.1, -0.05) is 24.3 Å². The zero-order valence-corrected chi connectivity index (χ0v) is 19.3. The number of carbonyl (C=O) groups is 2. The smallest absolute Gasteiger partial charge is 0.416 e. The number of fused-ring (bicyclic) bond motifs is 1. The van der Waals surface area contributed by atoms with Crippen LogP contribution in [0.3, 0.4) is 0 Å². The van der Waals surface area contributed by atoms with E-state index in [-0.39, 0.29) is 23.7 Å². The van der Waals surface area contributed by atoms with Crippen molar-refractivity contribution in [3.63, 3.8) is 0 Å². The van der Waals surface area contributed by atoms with Gasteiger partial charge in [-0.25, -0.2) is 9.97 Å². The minimum atomic E-state index is -4.52. The standard InChI is InChI=1S/C25H21F3N6O3/c26-25(27,28)17-5-7-30-18(11-17)12-19(35)14-1-3-15(4-2-14)20-21-22(29)31-8-10-34(21)24(32-20)33-9-6-16(13-33)23(36)37/h1-5,7-8,10-11,16H,6,9,12-13H2,(H2,29,31)(H,36,37)/t16-/m1/s1. The van der Waals surface area contributed by atoms with Crippen LogP contribution in [-0.2, 0) is 17.4 Å². The second-order valence-electron chi connectivity index (χ2n) is 8.77. The van der Waals surface area contributed by atoms with Crippen LogP contribution in [0, 0.1) is 5.92 Å². The number of ketones is 1. The summed E-state index contributed by atoms with van der Waals surface area (Å²) in [6.45, 7) is 0.835. The maximum Gasteiger partial charge on any atom is 0.416 e. The number of alkyl halides is 3. The molecule has 0 unspecified atom stereocenters. The van der Waals surface area contributed by atoms with Crippen LogP contribution in [-0.4, -0.2) is 49.3 Å². The average molecular weight is 510 g/mol. The summed E-state index contributed by atoms with van der Waals surface area (Å²) in [6, 6.07) is 8.22. The molecule has 5 rings (SSSR count). The fraction of sp³-hybridized carbons (Fsp3) is 0.240. The van der Waals surface area contributed by atoms with Crippen LogP contribution in [0.15, 0.2) is 55.0 Å². The number of imidazole rings is 1. The Hall–Kier alpha value is -4.48. The van der Waals surface area contributed by atoms with Gasteiger partial charge in [-0.3, -0.25) is 19.0 Å². The molecule has 0 bridgehead atoms. The second-order valence-corrected chi connectivity index (χ2v) is 8.77. The van der Waals surface area contributed by atoms with E-state index in [0.717, 1.165) is 18.3 Å². The molecule has 3 aromatic heterocycles. The maximum absolute atomic E-state index is 13.0. The summed E-state index contributed by atoms with van der Waals surface area (Å²) < 4.78 is 40.7. The highest BCUT2D eigenvalue weighted by Gasteiger charge is 2.32. The minimum absolute atomic E-state index is 0.0257. The van der Waals surface area contributed by atoms with E-state index in [0.29, 0.717) is 47.8 Å². The first-order valence-corrected chi connectivity index (χ1v) is 11.4. The van der Waals surface area contributed by atoms with Crippen molar-refractivity contribution >= 4 is 29.0 Å². The van der Waals surface area contributed by atoms with Crippen LogP contribution in [0.1, 0.15) is 28.0 Å². The Morgan fingerprint density at radius 3 is 2.54 bits per heavy atom. The molecule has 37 heavy (non-hydrogen) atoms. The van der Waals surface area contributed by atoms with Crippen molar-refractivity contribution in [1.29, 1.82) is 0 Å². The largest absolute Gasteiger partial charge is 0.481 e. The number of benzene rings is 1. The van der Waals surface area contributed by atoms with Crippen LogP contribution in [0.4, 0.5) is 24.9 Å². The number of pyridine rings is 1. The lowest BCUT2D eigenvalue weighted by atomic mass is 10.0. The van der Waals surface area contributed by atoms with Crippen molar-refractivity contribution in [1.82, 2.24) is 19.4 Å². The number of nitrogens with two attached hydrogens (primary N) is 1. The molecule has 0 aliphatic carbocycles. The van der Waals surface area contributed by atoms with Gasteiger partial charge in [0.1, 0.15) is 17.0 Å². The molecule has 1 saturated heterocycles. The summed E-state index contributed by atoms with van der Waals surface area (Å²) in [6.07, 6.45) is -0.0331. The molecule has 190 valence electrons. The molecule has 0 spiro atoms. The van der Waals surface area contributed by atoms with E-state index in [4.69, 9.17) is 10.7 Å². The van der Waals surface area contributed by atoms with Gasteiger partial charge in [0.2, 0.25) is 5.95 Å². The number of nitrogens with zero attached hydrogens (tertiary/aromatic N) is 5. The second kappa shape index (κ2) is 9.19. The number of nitrogen functional groups attached to an aromatic ring is 1. The highest BCUT2D eigenvalue weighted by Crippen LogP contribution is 2.34. The zero-order chi connectivity index (χ0) is 26.3. The predicted octanol–water partition coefficient (Wildman–Crippen LogP) is 3.73. The summed E-state index contributed by atoms with van der Waals surface area (Å²) >= 11 is 0. The first kappa shape index (κ1) is 24.2. The number of hydrogen-bond acceptors (Lipinski definition) is 7. The third-order valence-corrected chi connectivity index (χ3v) is 6.35.